The Labute approximate surface area is 48.2 Å². The van der Waals surface area contributed by atoms with Crippen molar-refractivity contribution in [3.05, 3.63) is 0 Å². The Morgan fingerprint density at radius 3 is 2.38 bits per heavy atom. The van der Waals surface area contributed by atoms with Gasteiger partial charge in [0.2, 0.25) is 0 Å². The normalized spacial score (nSPS) is 23.5. The fraction of sp³-hybridized carbons (Fsp3) is 0.800. The molecule has 8 heavy (non-hydrogen) atoms. The quantitative estimate of drug-likeness (QED) is 0.497. The van der Waals surface area contributed by atoms with E-state index < -0.39 is 0 Å². The zero-order valence-corrected chi connectivity index (χ0v) is 4.77. The molecule has 1 aliphatic rings. The molecule has 1 saturated heterocycles. The topological polar surface area (TPSA) is 45.0 Å². The lowest BCUT2D eigenvalue weighted by molar-refractivity contribution is -0.0399. The van der Waals surface area contributed by atoms with E-state index >= 15 is 0 Å². The van der Waals surface area contributed by atoms with Crippen LogP contribution in [-0.2, 0) is 4.74 Å². The molecule has 0 amide bonds. The molecule has 0 aromatic heterocycles. The average molecular weight is 112 g/mol. The lowest BCUT2D eigenvalue weighted by Crippen LogP contribution is -2.57. The van der Waals surface area contributed by atoms with Gasteiger partial charge >= 0.3 is 0 Å². The monoisotopic (exact) mass is 112 g/mol. The summed E-state index contributed by atoms with van der Waals surface area (Å²) in [4.78, 5) is 0. The van der Waals surface area contributed by atoms with Crippen molar-refractivity contribution < 1.29 is 4.74 Å². The Balaban J connectivity index is 2.49. The van der Waals surface area contributed by atoms with Crippen LogP contribution in [0.15, 0.2) is 0 Å². The highest BCUT2D eigenvalue weighted by Gasteiger charge is 2.36. The van der Waals surface area contributed by atoms with Crippen LogP contribution >= 0.6 is 0 Å². The highest BCUT2D eigenvalue weighted by Crippen LogP contribution is 2.13. The predicted molar refractivity (Wildman–Crippen MR) is 28.2 cm³/mol. The van der Waals surface area contributed by atoms with Gasteiger partial charge in [-0.3, -0.25) is 5.32 Å². The SMILES string of the molecule is CNC1(C#N)COC1. The van der Waals surface area contributed by atoms with Crippen LogP contribution < -0.4 is 5.32 Å². The lowest BCUT2D eigenvalue weighted by atomic mass is 10.0. The second kappa shape index (κ2) is 1.73. The summed E-state index contributed by atoms with van der Waals surface area (Å²) in [5.74, 6) is 0. The molecule has 0 saturated carbocycles. The maximum Gasteiger partial charge on any atom is 0.153 e. The molecule has 0 radical (unpaired) electrons. The summed E-state index contributed by atoms with van der Waals surface area (Å²) in [5.41, 5.74) is -0.361. The van der Waals surface area contributed by atoms with Crippen LogP contribution in [-0.4, -0.2) is 25.8 Å². The highest BCUT2D eigenvalue weighted by molar-refractivity contribution is 5.11. The van der Waals surface area contributed by atoms with Gasteiger partial charge in [-0.15, -0.1) is 0 Å². The molecule has 44 valence electrons. The van der Waals surface area contributed by atoms with Gasteiger partial charge in [0.15, 0.2) is 5.54 Å². The average Bonchev–Trinajstić information content (AvgIpc) is 1.67. The molecule has 3 nitrogen and oxygen atoms in total. The number of nitrogens with one attached hydrogen (secondary N) is 1. The van der Waals surface area contributed by atoms with E-state index in [-0.39, 0.29) is 5.54 Å². The second-order valence-electron chi connectivity index (χ2n) is 1.94. The molecule has 3 heteroatoms. The summed E-state index contributed by atoms with van der Waals surface area (Å²) in [5, 5.41) is 11.3. The second-order valence-corrected chi connectivity index (χ2v) is 1.94. The Kier molecular flexibility index (Phi) is 1.20. The summed E-state index contributed by atoms with van der Waals surface area (Å²) >= 11 is 0. The molecule has 0 atom stereocenters. The minimum absolute atomic E-state index is 0.361. The van der Waals surface area contributed by atoms with Gasteiger partial charge < -0.3 is 4.74 Å². The first-order valence-electron chi connectivity index (χ1n) is 2.51. The maximum atomic E-state index is 8.44. The Morgan fingerprint density at radius 2 is 2.38 bits per heavy atom. The number of nitrogens with zero attached hydrogens (tertiary/aromatic N) is 1. The molecule has 1 aliphatic heterocycles. The minimum atomic E-state index is -0.361. The van der Waals surface area contributed by atoms with Crippen molar-refractivity contribution in [3.8, 4) is 6.07 Å². The van der Waals surface area contributed by atoms with Crippen LogP contribution in [0.1, 0.15) is 0 Å². The standard InChI is InChI=1S/C5H8N2O/c1-7-5(2-6)3-8-4-5/h7H,3-4H2,1H3. The van der Waals surface area contributed by atoms with Crippen LogP contribution in [0.5, 0.6) is 0 Å². The first-order valence-corrected chi connectivity index (χ1v) is 2.51. The number of likely N-dealkylation sites (N-methyl/N-ethyl adjacent to an activating group) is 1. The van der Waals surface area contributed by atoms with E-state index in [0.717, 1.165) is 0 Å². The van der Waals surface area contributed by atoms with Crippen LogP contribution in [0.2, 0.25) is 0 Å². The predicted octanol–water partition coefficient (Wildman–Crippen LogP) is -0.502. The number of hydrogen-bond donors (Lipinski definition) is 1. The van der Waals surface area contributed by atoms with Gasteiger partial charge in [0.1, 0.15) is 0 Å². The van der Waals surface area contributed by atoms with Crippen LogP contribution in [0.3, 0.4) is 0 Å². The first-order chi connectivity index (χ1) is 3.83. The van der Waals surface area contributed by atoms with Crippen LogP contribution in [0.4, 0.5) is 0 Å². The summed E-state index contributed by atoms with van der Waals surface area (Å²) in [6.07, 6.45) is 0. The van der Waals surface area contributed by atoms with Gasteiger partial charge in [0.25, 0.3) is 0 Å². The maximum absolute atomic E-state index is 8.44. The van der Waals surface area contributed by atoms with E-state index in [1.165, 1.54) is 0 Å². The van der Waals surface area contributed by atoms with Crippen molar-refractivity contribution in [2.24, 2.45) is 0 Å². The van der Waals surface area contributed by atoms with Crippen molar-refractivity contribution in [1.29, 1.82) is 5.26 Å². The fourth-order valence-electron chi connectivity index (χ4n) is 0.571. The van der Waals surface area contributed by atoms with Crippen molar-refractivity contribution >= 4 is 0 Å². The summed E-state index contributed by atoms with van der Waals surface area (Å²) < 4.78 is 4.84. The van der Waals surface area contributed by atoms with Gasteiger partial charge in [0.05, 0.1) is 19.3 Å². The van der Waals surface area contributed by atoms with Crippen LogP contribution in [0.25, 0.3) is 0 Å². The Bertz CT molecular complexity index is 117. The smallest absolute Gasteiger partial charge is 0.153 e. The summed E-state index contributed by atoms with van der Waals surface area (Å²) in [6.45, 7) is 1.06. The Hall–Kier alpha value is -0.590. The third kappa shape index (κ3) is 0.585. The van der Waals surface area contributed by atoms with E-state index in [4.69, 9.17) is 10.00 Å². The molecule has 1 heterocycles. The molecule has 0 bridgehead atoms. The van der Waals surface area contributed by atoms with E-state index in [9.17, 15) is 0 Å². The van der Waals surface area contributed by atoms with Gasteiger partial charge in [-0.05, 0) is 7.05 Å². The molecular formula is C5H8N2O. The number of hydrogen-bond acceptors (Lipinski definition) is 3. The molecular weight excluding hydrogens is 104 g/mol. The third-order valence-corrected chi connectivity index (χ3v) is 1.39. The third-order valence-electron chi connectivity index (χ3n) is 1.39. The van der Waals surface area contributed by atoms with Gasteiger partial charge in [-0.25, -0.2) is 0 Å². The molecule has 0 spiro atoms. The largest absolute Gasteiger partial charge is 0.375 e. The molecule has 1 N–H and O–H groups in total. The van der Waals surface area contributed by atoms with Gasteiger partial charge in [-0.1, -0.05) is 0 Å². The van der Waals surface area contributed by atoms with E-state index in [1.54, 1.807) is 7.05 Å². The molecule has 0 aliphatic carbocycles. The Morgan fingerprint density at radius 1 is 1.75 bits per heavy atom. The number of nitriles is 1. The summed E-state index contributed by atoms with van der Waals surface area (Å²) in [6, 6.07) is 2.13. The molecule has 1 rings (SSSR count). The van der Waals surface area contributed by atoms with Crippen molar-refractivity contribution in [2.75, 3.05) is 20.3 Å². The fourth-order valence-corrected chi connectivity index (χ4v) is 0.571. The molecule has 1 fully saturated rings. The van der Waals surface area contributed by atoms with E-state index in [1.807, 2.05) is 0 Å². The molecule has 0 unspecified atom stereocenters. The first kappa shape index (κ1) is 5.54. The molecule has 0 aromatic carbocycles. The van der Waals surface area contributed by atoms with Crippen molar-refractivity contribution in [2.45, 2.75) is 5.54 Å². The lowest BCUT2D eigenvalue weighted by Gasteiger charge is -2.34. The van der Waals surface area contributed by atoms with E-state index in [0.29, 0.717) is 13.2 Å². The highest BCUT2D eigenvalue weighted by atomic mass is 16.5. The zero-order valence-electron chi connectivity index (χ0n) is 4.77. The van der Waals surface area contributed by atoms with Gasteiger partial charge in [0, 0.05) is 0 Å². The van der Waals surface area contributed by atoms with Crippen LogP contribution in [0, 0.1) is 11.3 Å². The van der Waals surface area contributed by atoms with Crippen molar-refractivity contribution in [1.82, 2.24) is 5.32 Å². The number of ether oxygens (including phenoxy) is 1. The summed E-state index contributed by atoms with van der Waals surface area (Å²) in [7, 11) is 1.77. The zero-order chi connectivity index (χ0) is 6.04. The van der Waals surface area contributed by atoms with Gasteiger partial charge in [-0.2, -0.15) is 5.26 Å². The number of rotatable bonds is 1. The molecule has 0 aromatic rings. The van der Waals surface area contributed by atoms with E-state index in [2.05, 4.69) is 11.4 Å². The van der Waals surface area contributed by atoms with Crippen molar-refractivity contribution in [3.63, 3.8) is 0 Å². The minimum Gasteiger partial charge on any atom is -0.375 e.